The zero-order chi connectivity index (χ0) is 22.1. The molecule has 0 amide bonds. The van der Waals surface area contributed by atoms with Gasteiger partial charge >= 0.3 is 0 Å². The summed E-state index contributed by atoms with van der Waals surface area (Å²) < 4.78 is 5.56. The molecule has 0 saturated carbocycles. The van der Waals surface area contributed by atoms with Crippen molar-refractivity contribution >= 4 is 33.4 Å². The quantitative estimate of drug-likeness (QED) is 0.361. The number of imidazole rings is 1. The number of rotatable bonds is 7. The first-order valence-electron chi connectivity index (χ1n) is 10.5. The third-order valence-electron chi connectivity index (χ3n) is 5.50. The lowest BCUT2D eigenvalue weighted by Gasteiger charge is -2.01. The SMILES string of the molecule is Cc1ccc(CCC(=O)c2cccc3[nH]c(CC(=O)c4cc5ccccc5cn4)nc23)o1. The first-order chi connectivity index (χ1) is 15.6. The predicted octanol–water partition coefficient (Wildman–Crippen LogP) is 5.25. The van der Waals surface area contributed by atoms with Crippen LogP contribution < -0.4 is 0 Å². The molecule has 6 heteroatoms. The summed E-state index contributed by atoms with van der Waals surface area (Å²) in [6, 6.07) is 18.8. The van der Waals surface area contributed by atoms with Gasteiger partial charge in [0.25, 0.3) is 0 Å². The molecule has 0 fully saturated rings. The maximum Gasteiger partial charge on any atom is 0.188 e. The molecule has 1 N–H and O–H groups in total. The van der Waals surface area contributed by atoms with Gasteiger partial charge in [0, 0.05) is 30.0 Å². The molecule has 0 saturated heterocycles. The first-order valence-corrected chi connectivity index (χ1v) is 10.5. The minimum absolute atomic E-state index is 0.00905. The summed E-state index contributed by atoms with van der Waals surface area (Å²) >= 11 is 0. The molecule has 158 valence electrons. The van der Waals surface area contributed by atoms with Gasteiger partial charge in [0.15, 0.2) is 11.6 Å². The molecule has 0 aliphatic heterocycles. The number of carbonyl (C=O) groups excluding carboxylic acids is 2. The zero-order valence-corrected chi connectivity index (χ0v) is 17.6. The van der Waals surface area contributed by atoms with Crippen molar-refractivity contribution in [2.24, 2.45) is 0 Å². The summed E-state index contributed by atoms with van der Waals surface area (Å²) in [5.41, 5.74) is 2.26. The average molecular weight is 423 g/mol. The van der Waals surface area contributed by atoms with Gasteiger partial charge in [0.1, 0.15) is 23.0 Å². The number of benzene rings is 2. The molecule has 2 aromatic carbocycles. The minimum Gasteiger partial charge on any atom is -0.466 e. The molecule has 3 aromatic heterocycles. The van der Waals surface area contributed by atoms with Gasteiger partial charge in [-0.25, -0.2) is 4.98 Å². The second kappa shape index (κ2) is 8.23. The molecule has 0 unspecified atom stereocenters. The van der Waals surface area contributed by atoms with Crippen molar-refractivity contribution in [3.63, 3.8) is 0 Å². The van der Waals surface area contributed by atoms with Gasteiger partial charge in [-0.1, -0.05) is 30.3 Å². The summed E-state index contributed by atoms with van der Waals surface area (Å²) in [6.45, 7) is 1.88. The van der Waals surface area contributed by atoms with E-state index in [4.69, 9.17) is 4.42 Å². The molecule has 0 aliphatic carbocycles. The number of aromatic nitrogens is 3. The molecular weight excluding hydrogens is 402 g/mol. The van der Waals surface area contributed by atoms with E-state index in [2.05, 4.69) is 15.0 Å². The number of carbonyl (C=O) groups is 2. The lowest BCUT2D eigenvalue weighted by Crippen LogP contribution is -2.07. The molecule has 5 aromatic rings. The molecule has 0 radical (unpaired) electrons. The Balaban J connectivity index is 1.36. The number of fused-ring (bicyclic) bond motifs is 2. The highest BCUT2D eigenvalue weighted by atomic mass is 16.3. The van der Waals surface area contributed by atoms with E-state index in [-0.39, 0.29) is 18.0 Å². The largest absolute Gasteiger partial charge is 0.466 e. The van der Waals surface area contributed by atoms with Gasteiger partial charge in [-0.05, 0) is 42.6 Å². The van der Waals surface area contributed by atoms with Crippen LogP contribution in [0.3, 0.4) is 0 Å². The van der Waals surface area contributed by atoms with E-state index in [0.29, 0.717) is 35.4 Å². The number of pyridine rings is 1. The van der Waals surface area contributed by atoms with Gasteiger partial charge in [0.2, 0.25) is 0 Å². The highest BCUT2D eigenvalue weighted by Gasteiger charge is 2.17. The van der Waals surface area contributed by atoms with Crippen LogP contribution in [0.4, 0.5) is 0 Å². The molecule has 0 spiro atoms. The Bertz CT molecular complexity index is 1460. The van der Waals surface area contributed by atoms with E-state index in [1.54, 1.807) is 18.3 Å². The normalized spacial score (nSPS) is 11.3. The van der Waals surface area contributed by atoms with Gasteiger partial charge in [-0.3, -0.25) is 14.6 Å². The van der Waals surface area contributed by atoms with Crippen molar-refractivity contribution in [2.75, 3.05) is 0 Å². The van der Waals surface area contributed by atoms with Crippen molar-refractivity contribution < 1.29 is 14.0 Å². The van der Waals surface area contributed by atoms with Crippen LogP contribution in [0.2, 0.25) is 0 Å². The van der Waals surface area contributed by atoms with Gasteiger partial charge < -0.3 is 9.40 Å². The summed E-state index contributed by atoms with van der Waals surface area (Å²) in [5.74, 6) is 2.00. The summed E-state index contributed by atoms with van der Waals surface area (Å²) in [4.78, 5) is 37.7. The van der Waals surface area contributed by atoms with Crippen LogP contribution in [0, 0.1) is 6.92 Å². The third-order valence-corrected chi connectivity index (χ3v) is 5.50. The van der Waals surface area contributed by atoms with Crippen molar-refractivity contribution in [1.82, 2.24) is 15.0 Å². The Morgan fingerprint density at radius 3 is 2.62 bits per heavy atom. The number of ketones is 2. The summed E-state index contributed by atoms with van der Waals surface area (Å²) in [7, 11) is 0. The minimum atomic E-state index is -0.129. The topological polar surface area (TPSA) is 88.9 Å². The standard InChI is InChI=1S/C26H21N3O3/c1-16-9-10-19(32-16)11-12-23(30)20-7-4-8-21-26(20)29-25(28-21)14-24(31)22-13-17-5-2-3-6-18(17)15-27-22/h2-10,13,15H,11-12,14H2,1H3,(H,28,29). The predicted molar refractivity (Wildman–Crippen MR) is 122 cm³/mol. The summed E-state index contributed by atoms with van der Waals surface area (Å²) in [5, 5.41) is 1.95. The Morgan fingerprint density at radius 2 is 1.81 bits per heavy atom. The number of para-hydroxylation sites is 1. The maximum absolute atomic E-state index is 12.8. The van der Waals surface area contributed by atoms with E-state index in [0.717, 1.165) is 27.8 Å². The summed E-state index contributed by atoms with van der Waals surface area (Å²) in [6.07, 6.45) is 2.65. The van der Waals surface area contributed by atoms with Crippen LogP contribution in [0.15, 0.2) is 71.3 Å². The fourth-order valence-electron chi connectivity index (χ4n) is 3.86. The van der Waals surface area contributed by atoms with Crippen LogP contribution in [-0.4, -0.2) is 26.5 Å². The van der Waals surface area contributed by atoms with Crippen LogP contribution >= 0.6 is 0 Å². The zero-order valence-electron chi connectivity index (χ0n) is 17.6. The Labute approximate surface area is 184 Å². The van der Waals surface area contributed by atoms with Crippen molar-refractivity contribution in [2.45, 2.75) is 26.2 Å². The van der Waals surface area contributed by atoms with Gasteiger partial charge in [-0.2, -0.15) is 0 Å². The fraction of sp³-hybridized carbons (Fsp3) is 0.154. The number of furan rings is 1. The number of aryl methyl sites for hydroxylation is 2. The number of nitrogens with one attached hydrogen (secondary N) is 1. The molecule has 0 aliphatic rings. The number of aromatic amines is 1. The smallest absolute Gasteiger partial charge is 0.188 e. The third kappa shape index (κ3) is 3.95. The van der Waals surface area contributed by atoms with E-state index in [9.17, 15) is 9.59 Å². The van der Waals surface area contributed by atoms with Crippen LogP contribution in [-0.2, 0) is 12.8 Å². The van der Waals surface area contributed by atoms with Gasteiger partial charge in [-0.15, -0.1) is 0 Å². The average Bonchev–Trinajstić information content (AvgIpc) is 3.42. The second-order valence-corrected chi connectivity index (χ2v) is 7.84. The number of H-pyrrole nitrogens is 1. The first kappa shape index (κ1) is 19.9. The van der Waals surface area contributed by atoms with Crippen molar-refractivity contribution in [3.05, 3.63) is 95.5 Å². The van der Waals surface area contributed by atoms with Crippen LogP contribution in [0.5, 0.6) is 0 Å². The molecule has 6 nitrogen and oxygen atoms in total. The Hall–Kier alpha value is -4.06. The monoisotopic (exact) mass is 423 g/mol. The highest BCUT2D eigenvalue weighted by Crippen LogP contribution is 2.21. The molecular formula is C26H21N3O3. The molecule has 32 heavy (non-hydrogen) atoms. The lowest BCUT2D eigenvalue weighted by atomic mass is 10.0. The van der Waals surface area contributed by atoms with Crippen molar-refractivity contribution in [3.8, 4) is 0 Å². The number of nitrogens with zero attached hydrogens (tertiary/aromatic N) is 2. The molecule has 0 bridgehead atoms. The van der Waals surface area contributed by atoms with Gasteiger partial charge in [0.05, 0.1) is 17.5 Å². The second-order valence-electron chi connectivity index (χ2n) is 7.84. The number of hydrogen-bond donors (Lipinski definition) is 1. The lowest BCUT2D eigenvalue weighted by molar-refractivity contribution is 0.0977. The Kier molecular flexibility index (Phi) is 5.11. The fourth-order valence-corrected chi connectivity index (χ4v) is 3.86. The van der Waals surface area contributed by atoms with Crippen molar-refractivity contribution in [1.29, 1.82) is 0 Å². The van der Waals surface area contributed by atoms with E-state index in [1.807, 2.05) is 55.5 Å². The number of hydrogen-bond acceptors (Lipinski definition) is 5. The van der Waals surface area contributed by atoms with Crippen LogP contribution in [0.1, 0.15) is 44.6 Å². The van der Waals surface area contributed by atoms with E-state index < -0.39 is 0 Å². The Morgan fingerprint density at radius 1 is 0.969 bits per heavy atom. The van der Waals surface area contributed by atoms with E-state index in [1.165, 1.54) is 0 Å². The highest BCUT2D eigenvalue weighted by molar-refractivity contribution is 6.06. The molecule has 3 heterocycles. The van der Waals surface area contributed by atoms with E-state index >= 15 is 0 Å². The maximum atomic E-state index is 12.8. The molecule has 5 rings (SSSR count). The molecule has 0 atom stereocenters. The number of Topliss-reactive ketones (excluding diaryl/α,β-unsaturated/α-hetero) is 2. The van der Waals surface area contributed by atoms with Crippen LogP contribution in [0.25, 0.3) is 21.8 Å².